The summed E-state index contributed by atoms with van der Waals surface area (Å²) < 4.78 is 1.84. The van der Waals surface area contributed by atoms with Crippen molar-refractivity contribution in [1.29, 1.82) is 0 Å². The summed E-state index contributed by atoms with van der Waals surface area (Å²) in [6.07, 6.45) is 1.89. The van der Waals surface area contributed by atoms with Crippen LogP contribution in [-0.2, 0) is 6.54 Å². The molecule has 1 saturated heterocycles. The lowest BCUT2D eigenvalue weighted by molar-refractivity contribution is 0.507. The molecule has 1 saturated carbocycles. The Morgan fingerprint density at radius 3 is 2.86 bits per heavy atom. The number of aromatic nitrogens is 1. The van der Waals surface area contributed by atoms with Crippen molar-refractivity contribution in [1.82, 2.24) is 9.88 Å². The summed E-state index contributed by atoms with van der Waals surface area (Å²) in [7, 11) is 0. The summed E-state index contributed by atoms with van der Waals surface area (Å²) >= 11 is 0. The van der Waals surface area contributed by atoms with Gasteiger partial charge in [0, 0.05) is 18.8 Å². The molecule has 0 radical (unpaired) electrons. The predicted molar refractivity (Wildman–Crippen MR) is 54.0 cm³/mol. The van der Waals surface area contributed by atoms with E-state index in [-0.39, 0.29) is 5.56 Å². The molecule has 2 heterocycles. The van der Waals surface area contributed by atoms with Crippen molar-refractivity contribution in [3.05, 3.63) is 34.7 Å². The van der Waals surface area contributed by atoms with Crippen LogP contribution in [0.1, 0.15) is 0 Å². The van der Waals surface area contributed by atoms with E-state index in [9.17, 15) is 4.79 Å². The third-order valence-electron chi connectivity index (χ3n) is 3.58. The number of fused-ring (bicyclic) bond motifs is 1. The summed E-state index contributed by atoms with van der Waals surface area (Å²) in [5.41, 5.74) is 0.130. The van der Waals surface area contributed by atoms with Gasteiger partial charge in [-0.2, -0.15) is 0 Å². The molecule has 0 bridgehead atoms. The third-order valence-corrected chi connectivity index (χ3v) is 3.58. The third kappa shape index (κ3) is 1.20. The summed E-state index contributed by atoms with van der Waals surface area (Å²) in [6.45, 7) is 3.21. The van der Waals surface area contributed by atoms with E-state index in [2.05, 4.69) is 5.32 Å². The molecule has 1 N–H and O–H groups in total. The van der Waals surface area contributed by atoms with Gasteiger partial charge in [0.1, 0.15) is 0 Å². The quantitative estimate of drug-likeness (QED) is 0.728. The van der Waals surface area contributed by atoms with Crippen LogP contribution in [0.5, 0.6) is 0 Å². The Hall–Kier alpha value is -1.09. The van der Waals surface area contributed by atoms with Crippen LogP contribution in [0.3, 0.4) is 0 Å². The summed E-state index contributed by atoms with van der Waals surface area (Å²) in [5.74, 6) is 2.42. The lowest BCUT2D eigenvalue weighted by Gasteiger charge is -2.06. The summed E-state index contributed by atoms with van der Waals surface area (Å²) in [4.78, 5) is 11.4. The van der Waals surface area contributed by atoms with E-state index in [0.29, 0.717) is 0 Å². The van der Waals surface area contributed by atoms with Crippen molar-refractivity contribution in [2.45, 2.75) is 6.54 Å². The smallest absolute Gasteiger partial charge is 0.250 e. The highest BCUT2D eigenvalue weighted by atomic mass is 16.1. The number of nitrogens with zero attached hydrogens (tertiary/aromatic N) is 1. The molecule has 0 aromatic carbocycles. The van der Waals surface area contributed by atoms with Gasteiger partial charge in [0.15, 0.2) is 0 Å². The predicted octanol–water partition coefficient (Wildman–Crippen LogP) is 0.314. The number of nitrogens with one attached hydrogen (secondary N) is 1. The first-order valence-corrected chi connectivity index (χ1v) is 5.22. The first-order valence-electron chi connectivity index (χ1n) is 5.22. The molecule has 2 aliphatic rings. The SMILES string of the molecule is O=c1ccccn1CC1[C@H]2CNC[C@@H]12. The molecule has 1 aromatic rings. The van der Waals surface area contributed by atoms with E-state index in [1.165, 1.54) is 0 Å². The minimum Gasteiger partial charge on any atom is -0.316 e. The highest BCUT2D eigenvalue weighted by Gasteiger charge is 2.52. The molecule has 14 heavy (non-hydrogen) atoms. The average Bonchev–Trinajstić information content (AvgIpc) is 2.64. The van der Waals surface area contributed by atoms with Gasteiger partial charge in [0.05, 0.1) is 0 Å². The van der Waals surface area contributed by atoms with Gasteiger partial charge in [0.2, 0.25) is 0 Å². The maximum absolute atomic E-state index is 11.4. The molecule has 1 aromatic heterocycles. The Bertz CT molecular complexity index is 388. The fraction of sp³-hybridized carbons (Fsp3) is 0.545. The van der Waals surface area contributed by atoms with E-state index >= 15 is 0 Å². The van der Waals surface area contributed by atoms with Crippen LogP contribution in [0, 0.1) is 17.8 Å². The maximum atomic E-state index is 11.4. The van der Waals surface area contributed by atoms with Gasteiger partial charge >= 0.3 is 0 Å². The van der Waals surface area contributed by atoms with Crippen molar-refractivity contribution in [3.63, 3.8) is 0 Å². The van der Waals surface area contributed by atoms with Gasteiger partial charge in [-0.25, -0.2) is 0 Å². The molecule has 74 valence electrons. The van der Waals surface area contributed by atoms with Crippen LogP contribution in [0.4, 0.5) is 0 Å². The topological polar surface area (TPSA) is 34.0 Å². The van der Waals surface area contributed by atoms with Gasteiger partial charge in [-0.1, -0.05) is 6.07 Å². The highest BCUT2D eigenvalue weighted by molar-refractivity contribution is 5.04. The Kier molecular flexibility index (Phi) is 1.74. The molecule has 1 aliphatic heterocycles. The zero-order valence-electron chi connectivity index (χ0n) is 8.02. The lowest BCUT2D eigenvalue weighted by atomic mass is 10.3. The van der Waals surface area contributed by atoms with Gasteiger partial charge in [-0.3, -0.25) is 4.79 Å². The first-order chi connectivity index (χ1) is 6.86. The highest BCUT2D eigenvalue weighted by Crippen LogP contribution is 2.49. The van der Waals surface area contributed by atoms with Crippen LogP contribution in [-0.4, -0.2) is 17.7 Å². The van der Waals surface area contributed by atoms with Crippen LogP contribution in [0.25, 0.3) is 0 Å². The zero-order valence-corrected chi connectivity index (χ0v) is 8.02. The van der Waals surface area contributed by atoms with Gasteiger partial charge < -0.3 is 9.88 Å². The second-order valence-corrected chi connectivity index (χ2v) is 4.34. The number of piperidine rings is 1. The summed E-state index contributed by atoms with van der Waals surface area (Å²) in [5, 5.41) is 3.36. The molecular weight excluding hydrogens is 176 g/mol. The minimum atomic E-state index is 0.130. The van der Waals surface area contributed by atoms with Crippen molar-refractivity contribution in [2.24, 2.45) is 17.8 Å². The fourth-order valence-corrected chi connectivity index (χ4v) is 2.66. The molecule has 3 nitrogen and oxygen atoms in total. The monoisotopic (exact) mass is 190 g/mol. The fourth-order valence-electron chi connectivity index (χ4n) is 2.66. The lowest BCUT2D eigenvalue weighted by Crippen LogP contribution is -2.22. The number of pyridine rings is 1. The molecular formula is C11H14N2O. The summed E-state index contributed by atoms with van der Waals surface area (Å²) in [6, 6.07) is 5.36. The average molecular weight is 190 g/mol. The normalized spacial score (nSPS) is 34.1. The van der Waals surface area contributed by atoms with Crippen molar-refractivity contribution in [2.75, 3.05) is 13.1 Å². The molecule has 1 aliphatic carbocycles. The van der Waals surface area contributed by atoms with Crippen molar-refractivity contribution in [3.8, 4) is 0 Å². The molecule has 1 unspecified atom stereocenters. The Labute approximate surface area is 82.8 Å². The number of hydrogen-bond donors (Lipinski definition) is 1. The second kappa shape index (κ2) is 2.95. The molecule has 3 atom stereocenters. The van der Waals surface area contributed by atoms with Gasteiger partial charge in [-0.05, 0) is 36.9 Å². The van der Waals surface area contributed by atoms with Gasteiger partial charge in [-0.15, -0.1) is 0 Å². The van der Waals surface area contributed by atoms with Crippen molar-refractivity contribution < 1.29 is 0 Å². The largest absolute Gasteiger partial charge is 0.316 e. The Morgan fingerprint density at radius 1 is 1.36 bits per heavy atom. The molecule has 2 fully saturated rings. The van der Waals surface area contributed by atoms with Crippen LogP contribution in [0.15, 0.2) is 29.2 Å². The Balaban J connectivity index is 1.74. The molecule has 3 heteroatoms. The van der Waals surface area contributed by atoms with Crippen molar-refractivity contribution >= 4 is 0 Å². The molecule has 0 spiro atoms. The van der Waals surface area contributed by atoms with E-state index < -0.39 is 0 Å². The van der Waals surface area contributed by atoms with Crippen LogP contribution in [0.2, 0.25) is 0 Å². The second-order valence-electron chi connectivity index (χ2n) is 4.34. The van der Waals surface area contributed by atoms with E-state index in [4.69, 9.17) is 0 Å². The van der Waals surface area contributed by atoms with Crippen LogP contribution < -0.4 is 10.9 Å². The van der Waals surface area contributed by atoms with Gasteiger partial charge in [0.25, 0.3) is 5.56 Å². The standard InChI is InChI=1S/C11H14N2O/c14-11-3-1-2-4-13(11)7-10-8-5-12-6-9(8)10/h1-4,8-10,12H,5-7H2/t8-,9+,10?. The zero-order chi connectivity index (χ0) is 9.54. The number of hydrogen-bond acceptors (Lipinski definition) is 2. The van der Waals surface area contributed by atoms with E-state index in [1.54, 1.807) is 12.1 Å². The molecule has 0 amide bonds. The Morgan fingerprint density at radius 2 is 2.14 bits per heavy atom. The van der Waals surface area contributed by atoms with Crippen LogP contribution >= 0.6 is 0 Å². The first kappa shape index (κ1) is 8.24. The maximum Gasteiger partial charge on any atom is 0.250 e. The number of rotatable bonds is 2. The molecule has 3 rings (SSSR count). The van der Waals surface area contributed by atoms with E-state index in [0.717, 1.165) is 37.4 Å². The van der Waals surface area contributed by atoms with E-state index in [1.807, 2.05) is 16.8 Å². The minimum absolute atomic E-state index is 0.130.